The molecule has 0 aliphatic heterocycles. The number of aromatic nitrogens is 1. The second-order valence-corrected chi connectivity index (χ2v) is 7.48. The topological polar surface area (TPSA) is 24.9 Å². The van der Waals surface area contributed by atoms with Gasteiger partial charge in [0.1, 0.15) is 5.82 Å². The Morgan fingerprint density at radius 3 is 2.29 bits per heavy atom. The van der Waals surface area contributed by atoms with Gasteiger partial charge in [0.25, 0.3) is 0 Å². The minimum absolute atomic E-state index is 0.0455. The van der Waals surface area contributed by atoms with Gasteiger partial charge < -0.3 is 5.32 Å². The number of rotatable bonds is 3. The Balaban J connectivity index is 2.83. The van der Waals surface area contributed by atoms with Gasteiger partial charge in [0.2, 0.25) is 0 Å². The van der Waals surface area contributed by atoms with Gasteiger partial charge in [-0.1, -0.05) is 20.8 Å². The number of aryl methyl sites for hydroxylation is 1. The van der Waals surface area contributed by atoms with Gasteiger partial charge in [-0.05, 0) is 60.2 Å². The van der Waals surface area contributed by atoms with Gasteiger partial charge in [-0.15, -0.1) is 0 Å². The Labute approximate surface area is 113 Å². The summed E-state index contributed by atoms with van der Waals surface area (Å²) in [4.78, 5) is 4.44. The van der Waals surface area contributed by atoms with Gasteiger partial charge in [-0.25, -0.2) is 4.98 Å². The van der Waals surface area contributed by atoms with Crippen LogP contribution in [-0.4, -0.2) is 10.5 Å². The van der Waals surface area contributed by atoms with Crippen LogP contribution in [-0.2, 0) is 0 Å². The van der Waals surface area contributed by atoms with Crippen LogP contribution < -0.4 is 5.32 Å². The summed E-state index contributed by atoms with van der Waals surface area (Å²) in [5, 5.41) is 3.54. The second kappa shape index (κ2) is 4.97. The second-order valence-electron chi connectivity index (χ2n) is 6.57. The van der Waals surface area contributed by atoms with E-state index in [2.05, 4.69) is 73.8 Å². The highest BCUT2D eigenvalue weighted by Gasteiger charge is 2.25. The minimum atomic E-state index is 0.0455. The first kappa shape index (κ1) is 14.5. The maximum absolute atomic E-state index is 4.44. The molecule has 1 aromatic heterocycles. The van der Waals surface area contributed by atoms with E-state index in [0.717, 1.165) is 16.7 Å². The van der Waals surface area contributed by atoms with Crippen LogP contribution in [0.5, 0.6) is 0 Å². The third-order valence-corrected chi connectivity index (χ3v) is 2.91. The zero-order chi connectivity index (χ0) is 13.3. The zero-order valence-corrected chi connectivity index (χ0v) is 13.3. The number of anilines is 1. The van der Waals surface area contributed by atoms with Crippen molar-refractivity contribution in [3.63, 3.8) is 0 Å². The van der Waals surface area contributed by atoms with E-state index in [1.807, 2.05) is 6.20 Å². The molecule has 3 heteroatoms. The molecule has 1 N–H and O–H groups in total. The highest BCUT2D eigenvalue weighted by molar-refractivity contribution is 9.10. The molecule has 96 valence electrons. The molecule has 0 spiro atoms. The highest BCUT2D eigenvalue weighted by Crippen LogP contribution is 2.30. The zero-order valence-electron chi connectivity index (χ0n) is 11.7. The van der Waals surface area contributed by atoms with Crippen molar-refractivity contribution in [2.75, 3.05) is 5.32 Å². The lowest BCUT2D eigenvalue weighted by Gasteiger charge is -2.34. The van der Waals surface area contributed by atoms with Crippen molar-refractivity contribution in [2.45, 2.75) is 53.5 Å². The maximum Gasteiger partial charge on any atom is 0.129 e. The third-order valence-electron chi connectivity index (χ3n) is 2.47. The molecule has 0 atom stereocenters. The van der Waals surface area contributed by atoms with E-state index in [1.54, 1.807) is 0 Å². The molecule has 17 heavy (non-hydrogen) atoms. The predicted octanol–water partition coefficient (Wildman–Crippen LogP) is 4.78. The molecule has 2 nitrogen and oxygen atoms in total. The normalized spacial score (nSPS) is 12.6. The fraction of sp³-hybridized carbons (Fsp3) is 0.643. The molecule has 0 unspecified atom stereocenters. The Bertz CT molecular complexity index is 392. The summed E-state index contributed by atoms with van der Waals surface area (Å²) in [5.74, 6) is 0.974. The molecule has 0 fully saturated rings. The standard InChI is InChI=1S/C14H23BrN2/c1-10-7-11(15)8-16-12(10)17-14(5,6)9-13(2,3)4/h7-8H,9H2,1-6H3,(H,16,17). The number of hydrogen-bond donors (Lipinski definition) is 1. The molecule has 1 rings (SSSR count). The van der Waals surface area contributed by atoms with Crippen LogP contribution in [0.2, 0.25) is 0 Å². The van der Waals surface area contributed by atoms with Crippen molar-refractivity contribution in [3.05, 3.63) is 22.3 Å². The Morgan fingerprint density at radius 1 is 1.24 bits per heavy atom. The van der Waals surface area contributed by atoms with Crippen molar-refractivity contribution >= 4 is 21.7 Å². The number of nitrogens with one attached hydrogen (secondary N) is 1. The largest absolute Gasteiger partial charge is 0.365 e. The molecule has 1 heterocycles. The maximum atomic E-state index is 4.44. The van der Waals surface area contributed by atoms with E-state index in [9.17, 15) is 0 Å². The van der Waals surface area contributed by atoms with E-state index in [1.165, 1.54) is 5.56 Å². The summed E-state index contributed by atoms with van der Waals surface area (Å²) in [7, 11) is 0. The minimum Gasteiger partial charge on any atom is -0.365 e. The molecule has 1 aromatic rings. The van der Waals surface area contributed by atoms with Crippen LogP contribution in [0.25, 0.3) is 0 Å². The fourth-order valence-electron chi connectivity index (χ4n) is 2.36. The Morgan fingerprint density at radius 2 is 1.82 bits per heavy atom. The van der Waals surface area contributed by atoms with Gasteiger partial charge in [-0.2, -0.15) is 0 Å². The first-order valence-corrected chi connectivity index (χ1v) is 6.79. The molecule has 0 aromatic carbocycles. The van der Waals surface area contributed by atoms with Crippen LogP contribution in [0.15, 0.2) is 16.7 Å². The van der Waals surface area contributed by atoms with Crippen LogP contribution in [0, 0.1) is 12.3 Å². The summed E-state index contributed by atoms with van der Waals surface area (Å²) < 4.78 is 1.02. The number of hydrogen-bond acceptors (Lipinski definition) is 2. The van der Waals surface area contributed by atoms with E-state index < -0.39 is 0 Å². The van der Waals surface area contributed by atoms with Crippen molar-refractivity contribution in [1.29, 1.82) is 0 Å². The molecule has 0 bridgehead atoms. The Hall–Kier alpha value is -0.570. The lowest BCUT2D eigenvalue weighted by molar-refractivity contribution is 0.302. The molecular weight excluding hydrogens is 276 g/mol. The summed E-state index contributed by atoms with van der Waals surface area (Å²) in [6.07, 6.45) is 2.93. The number of nitrogens with zero attached hydrogens (tertiary/aromatic N) is 1. The average Bonchev–Trinajstić information content (AvgIpc) is 2.05. The molecule has 0 aliphatic rings. The lowest BCUT2D eigenvalue weighted by Crippen LogP contribution is -2.36. The molecule has 0 radical (unpaired) electrons. The number of pyridine rings is 1. The third kappa shape index (κ3) is 5.07. The fourth-order valence-corrected chi connectivity index (χ4v) is 2.81. The summed E-state index contributed by atoms with van der Waals surface area (Å²) in [5.41, 5.74) is 1.52. The van der Waals surface area contributed by atoms with Crippen LogP contribution in [0.4, 0.5) is 5.82 Å². The van der Waals surface area contributed by atoms with Gasteiger partial charge in [0.05, 0.1) is 0 Å². The first-order chi connectivity index (χ1) is 7.59. The number of halogens is 1. The summed E-state index contributed by atoms with van der Waals surface area (Å²) >= 11 is 3.43. The van der Waals surface area contributed by atoms with Crippen molar-refractivity contribution in [1.82, 2.24) is 4.98 Å². The predicted molar refractivity (Wildman–Crippen MR) is 78.4 cm³/mol. The van der Waals surface area contributed by atoms with E-state index in [4.69, 9.17) is 0 Å². The van der Waals surface area contributed by atoms with E-state index in [-0.39, 0.29) is 5.54 Å². The molecule has 0 amide bonds. The molecule has 0 saturated carbocycles. The van der Waals surface area contributed by atoms with Crippen molar-refractivity contribution in [3.8, 4) is 0 Å². The van der Waals surface area contributed by atoms with E-state index >= 15 is 0 Å². The first-order valence-electron chi connectivity index (χ1n) is 5.99. The van der Waals surface area contributed by atoms with Crippen LogP contribution >= 0.6 is 15.9 Å². The molecular formula is C14H23BrN2. The van der Waals surface area contributed by atoms with Crippen molar-refractivity contribution < 1.29 is 0 Å². The monoisotopic (exact) mass is 298 g/mol. The Kier molecular flexibility index (Phi) is 4.23. The van der Waals surface area contributed by atoms with Crippen LogP contribution in [0.1, 0.15) is 46.6 Å². The summed E-state index contributed by atoms with van der Waals surface area (Å²) in [6, 6.07) is 2.09. The summed E-state index contributed by atoms with van der Waals surface area (Å²) in [6.45, 7) is 13.3. The highest BCUT2D eigenvalue weighted by atomic mass is 79.9. The average molecular weight is 299 g/mol. The molecule has 0 saturated heterocycles. The van der Waals surface area contributed by atoms with Crippen molar-refractivity contribution in [2.24, 2.45) is 5.41 Å². The van der Waals surface area contributed by atoms with Gasteiger partial charge in [-0.3, -0.25) is 0 Å². The van der Waals surface area contributed by atoms with Crippen LogP contribution in [0.3, 0.4) is 0 Å². The van der Waals surface area contributed by atoms with Gasteiger partial charge >= 0.3 is 0 Å². The quantitative estimate of drug-likeness (QED) is 0.869. The SMILES string of the molecule is Cc1cc(Br)cnc1NC(C)(C)CC(C)(C)C. The van der Waals surface area contributed by atoms with E-state index in [0.29, 0.717) is 5.41 Å². The smallest absolute Gasteiger partial charge is 0.129 e. The van der Waals surface area contributed by atoms with Gasteiger partial charge in [0.15, 0.2) is 0 Å². The molecule has 0 aliphatic carbocycles. The lowest BCUT2D eigenvalue weighted by atomic mass is 9.82. The van der Waals surface area contributed by atoms with Gasteiger partial charge in [0, 0.05) is 16.2 Å².